The SMILES string of the molecule is CC(C)=CC[C@@]12C[C@@H](C(=O)O)N(C(=O)OCC3c4ccccc4-c4ccccc43)[C@@H]1Nc1ccccc12. The summed E-state index contributed by atoms with van der Waals surface area (Å²) in [6.07, 6.45) is 2.00. The zero-order chi connectivity index (χ0) is 25.7. The highest BCUT2D eigenvalue weighted by Gasteiger charge is 2.60. The number of aliphatic carboxylic acids is 1. The van der Waals surface area contributed by atoms with Crippen LogP contribution in [0.3, 0.4) is 0 Å². The second kappa shape index (κ2) is 8.80. The van der Waals surface area contributed by atoms with Gasteiger partial charge in [0.05, 0.1) is 0 Å². The van der Waals surface area contributed by atoms with Crippen molar-refractivity contribution in [3.63, 3.8) is 0 Å². The van der Waals surface area contributed by atoms with E-state index >= 15 is 0 Å². The van der Waals surface area contributed by atoms with Crippen LogP contribution in [-0.4, -0.2) is 40.9 Å². The van der Waals surface area contributed by atoms with Crippen LogP contribution < -0.4 is 5.32 Å². The maximum atomic E-state index is 13.7. The third kappa shape index (κ3) is 3.62. The minimum absolute atomic E-state index is 0.0913. The van der Waals surface area contributed by atoms with Crippen LogP contribution in [0, 0.1) is 0 Å². The number of hydrogen-bond acceptors (Lipinski definition) is 4. The molecule has 1 aliphatic carbocycles. The molecule has 188 valence electrons. The molecule has 0 aromatic heterocycles. The smallest absolute Gasteiger partial charge is 0.412 e. The van der Waals surface area contributed by atoms with Crippen molar-refractivity contribution in [1.82, 2.24) is 4.90 Å². The fourth-order valence-electron chi connectivity index (χ4n) is 6.46. The lowest BCUT2D eigenvalue weighted by molar-refractivity contribution is -0.142. The van der Waals surface area contributed by atoms with Crippen LogP contribution in [0.15, 0.2) is 84.4 Å². The molecule has 1 fully saturated rings. The van der Waals surface area contributed by atoms with Crippen molar-refractivity contribution in [3.05, 3.63) is 101 Å². The largest absolute Gasteiger partial charge is 0.480 e. The number of ether oxygens (including phenoxy) is 1. The van der Waals surface area contributed by atoms with Crippen molar-refractivity contribution < 1.29 is 19.4 Å². The average molecular weight is 495 g/mol. The van der Waals surface area contributed by atoms with E-state index in [1.54, 1.807) is 0 Å². The van der Waals surface area contributed by atoms with Gasteiger partial charge >= 0.3 is 12.1 Å². The molecule has 3 atom stereocenters. The first-order valence-electron chi connectivity index (χ1n) is 12.8. The second-order valence-corrected chi connectivity index (χ2v) is 10.5. The minimum Gasteiger partial charge on any atom is -0.480 e. The van der Waals surface area contributed by atoms with Gasteiger partial charge in [0.25, 0.3) is 0 Å². The Kier molecular flexibility index (Phi) is 5.55. The van der Waals surface area contributed by atoms with Crippen LogP contribution in [0.1, 0.15) is 49.3 Å². The van der Waals surface area contributed by atoms with Gasteiger partial charge in [-0.15, -0.1) is 0 Å². The first-order valence-corrected chi connectivity index (χ1v) is 12.8. The van der Waals surface area contributed by atoms with E-state index in [4.69, 9.17) is 4.74 Å². The summed E-state index contributed by atoms with van der Waals surface area (Å²) in [7, 11) is 0. The van der Waals surface area contributed by atoms with Crippen molar-refractivity contribution in [3.8, 4) is 11.1 Å². The lowest BCUT2D eigenvalue weighted by atomic mass is 9.75. The molecule has 3 aliphatic rings. The van der Waals surface area contributed by atoms with Crippen molar-refractivity contribution >= 4 is 17.7 Å². The summed E-state index contributed by atoms with van der Waals surface area (Å²) in [4.78, 5) is 27.6. The highest BCUT2D eigenvalue weighted by atomic mass is 16.6. The Morgan fingerprint density at radius 1 is 1.00 bits per heavy atom. The molecule has 2 N–H and O–H groups in total. The number of likely N-dealkylation sites (tertiary alicyclic amines) is 1. The molecule has 0 unspecified atom stereocenters. The first-order chi connectivity index (χ1) is 17.9. The van der Waals surface area contributed by atoms with E-state index in [9.17, 15) is 14.7 Å². The average Bonchev–Trinajstić information content (AvgIpc) is 3.51. The zero-order valence-corrected chi connectivity index (χ0v) is 21.0. The van der Waals surface area contributed by atoms with Gasteiger partial charge in [0.1, 0.15) is 18.8 Å². The van der Waals surface area contributed by atoms with Gasteiger partial charge in [0.2, 0.25) is 0 Å². The molecule has 2 heterocycles. The van der Waals surface area contributed by atoms with E-state index in [-0.39, 0.29) is 12.5 Å². The Balaban J connectivity index is 1.31. The van der Waals surface area contributed by atoms with Crippen LogP contribution in [0.25, 0.3) is 11.1 Å². The minimum atomic E-state index is -1.02. The number of carbonyl (C=O) groups is 2. The van der Waals surface area contributed by atoms with Gasteiger partial charge in [0, 0.05) is 17.0 Å². The molecule has 3 aromatic rings. The molecule has 37 heavy (non-hydrogen) atoms. The molecule has 0 bridgehead atoms. The number of fused-ring (bicyclic) bond motifs is 6. The lowest BCUT2D eigenvalue weighted by Crippen LogP contribution is -2.50. The van der Waals surface area contributed by atoms with Crippen molar-refractivity contribution in [2.75, 3.05) is 11.9 Å². The Morgan fingerprint density at radius 2 is 1.62 bits per heavy atom. The molecular formula is C31H30N2O4. The normalized spacial score (nSPS) is 22.9. The number of hydrogen-bond donors (Lipinski definition) is 2. The Labute approximate surface area is 216 Å². The lowest BCUT2D eigenvalue weighted by Gasteiger charge is -2.32. The number of amides is 1. The standard InChI is InChI=1S/C31H30N2O4/c1-19(2)15-16-31-17-27(28(34)35)33(29(31)32-26-14-8-7-13-25(26)31)30(36)37-18-24-22-11-5-3-9-20(22)21-10-4-6-12-23(21)24/h3-15,24,27,29,32H,16-18H2,1-2H3,(H,34,35)/t27-,29-,31-/m0/s1. The highest BCUT2D eigenvalue weighted by molar-refractivity contribution is 5.84. The van der Waals surface area contributed by atoms with E-state index in [1.807, 2.05) is 62.4 Å². The van der Waals surface area contributed by atoms with E-state index in [2.05, 4.69) is 35.7 Å². The monoisotopic (exact) mass is 494 g/mol. The maximum absolute atomic E-state index is 13.7. The highest BCUT2D eigenvalue weighted by Crippen LogP contribution is 2.53. The van der Waals surface area contributed by atoms with Gasteiger partial charge in [-0.05, 0) is 60.6 Å². The molecule has 1 saturated heterocycles. The number of benzene rings is 3. The summed E-state index contributed by atoms with van der Waals surface area (Å²) in [6.45, 7) is 4.22. The number of nitrogens with one attached hydrogen (secondary N) is 1. The summed E-state index contributed by atoms with van der Waals surface area (Å²) in [6, 6.07) is 23.3. The summed E-state index contributed by atoms with van der Waals surface area (Å²) < 4.78 is 5.95. The molecule has 0 spiro atoms. The Bertz CT molecular complexity index is 1380. The molecule has 0 saturated carbocycles. The zero-order valence-electron chi connectivity index (χ0n) is 21.0. The maximum Gasteiger partial charge on any atom is 0.412 e. The van der Waals surface area contributed by atoms with E-state index in [0.29, 0.717) is 12.8 Å². The number of nitrogens with zero attached hydrogens (tertiary/aromatic N) is 1. The van der Waals surface area contributed by atoms with Crippen molar-refractivity contribution in [2.24, 2.45) is 0 Å². The van der Waals surface area contributed by atoms with Crippen LogP contribution >= 0.6 is 0 Å². The van der Waals surface area contributed by atoms with E-state index < -0.39 is 29.7 Å². The molecule has 1 amide bonds. The first kappa shape index (κ1) is 23.3. The van der Waals surface area contributed by atoms with Gasteiger partial charge in [0.15, 0.2) is 0 Å². The number of carboxylic acid groups (broad SMARTS) is 1. The van der Waals surface area contributed by atoms with Gasteiger partial charge in [-0.25, -0.2) is 9.59 Å². The van der Waals surface area contributed by atoms with Crippen molar-refractivity contribution in [2.45, 2.75) is 50.2 Å². The van der Waals surface area contributed by atoms with Gasteiger partial charge in [-0.2, -0.15) is 0 Å². The number of carboxylic acids is 1. The number of para-hydroxylation sites is 1. The predicted octanol–water partition coefficient (Wildman–Crippen LogP) is 6.14. The van der Waals surface area contributed by atoms with Gasteiger partial charge in [-0.3, -0.25) is 4.90 Å². The van der Waals surface area contributed by atoms with Crippen LogP contribution in [0.4, 0.5) is 10.5 Å². The molecular weight excluding hydrogens is 464 g/mol. The summed E-state index contributed by atoms with van der Waals surface area (Å²) in [5.74, 6) is -1.11. The van der Waals surface area contributed by atoms with Crippen LogP contribution in [0.2, 0.25) is 0 Å². The molecule has 0 radical (unpaired) electrons. The molecule has 2 aliphatic heterocycles. The van der Waals surface area contributed by atoms with Gasteiger partial charge in [-0.1, -0.05) is 78.4 Å². The van der Waals surface area contributed by atoms with Gasteiger partial charge < -0.3 is 15.2 Å². The number of anilines is 1. The summed E-state index contributed by atoms with van der Waals surface area (Å²) in [5, 5.41) is 13.6. The van der Waals surface area contributed by atoms with E-state index in [1.165, 1.54) is 4.90 Å². The Morgan fingerprint density at radius 3 is 2.27 bits per heavy atom. The molecule has 6 rings (SSSR count). The quantitative estimate of drug-likeness (QED) is 0.417. The number of allylic oxidation sites excluding steroid dienone is 2. The summed E-state index contributed by atoms with van der Waals surface area (Å²) >= 11 is 0. The molecule has 6 heteroatoms. The second-order valence-electron chi connectivity index (χ2n) is 10.5. The molecule has 6 nitrogen and oxygen atoms in total. The molecule has 3 aromatic carbocycles. The van der Waals surface area contributed by atoms with Crippen LogP contribution in [0.5, 0.6) is 0 Å². The van der Waals surface area contributed by atoms with E-state index in [0.717, 1.165) is 39.1 Å². The topological polar surface area (TPSA) is 78.9 Å². The van der Waals surface area contributed by atoms with Crippen LogP contribution in [-0.2, 0) is 14.9 Å². The third-order valence-corrected chi connectivity index (χ3v) is 8.16. The number of carbonyl (C=O) groups excluding carboxylic acids is 1. The fraction of sp³-hybridized carbons (Fsp3) is 0.290. The Hall–Kier alpha value is -4.06. The number of rotatable bonds is 5. The summed E-state index contributed by atoms with van der Waals surface area (Å²) in [5.41, 5.74) is 7.16. The predicted molar refractivity (Wildman–Crippen MR) is 143 cm³/mol. The fourth-order valence-corrected chi connectivity index (χ4v) is 6.46. The third-order valence-electron chi connectivity index (χ3n) is 8.16. The van der Waals surface area contributed by atoms with Crippen molar-refractivity contribution in [1.29, 1.82) is 0 Å².